The fourth-order valence-electron chi connectivity index (χ4n) is 2.90. The van der Waals surface area contributed by atoms with E-state index in [0.717, 1.165) is 30.2 Å². The van der Waals surface area contributed by atoms with Crippen LogP contribution in [0.5, 0.6) is 0 Å². The molecule has 1 saturated heterocycles. The molecule has 0 saturated carbocycles. The molecule has 1 N–H and O–H groups in total. The predicted molar refractivity (Wildman–Crippen MR) is 61.5 cm³/mol. The molecule has 0 aliphatic carbocycles. The van der Waals surface area contributed by atoms with Crippen LogP contribution in [-0.2, 0) is 11.8 Å². The van der Waals surface area contributed by atoms with Crippen LogP contribution in [0.4, 0.5) is 11.5 Å². The van der Waals surface area contributed by atoms with Gasteiger partial charge in [0.2, 0.25) is 5.91 Å². The summed E-state index contributed by atoms with van der Waals surface area (Å²) in [6.07, 6.45) is 1.07. The van der Waals surface area contributed by atoms with E-state index in [2.05, 4.69) is 22.2 Å². The molecule has 1 aromatic heterocycles. The first-order valence-corrected chi connectivity index (χ1v) is 5.70. The molecule has 2 aliphatic heterocycles. The van der Waals surface area contributed by atoms with Gasteiger partial charge in [-0.3, -0.25) is 9.48 Å². The molecule has 1 aromatic rings. The molecule has 3 heterocycles. The van der Waals surface area contributed by atoms with Crippen molar-refractivity contribution in [2.45, 2.75) is 26.3 Å². The van der Waals surface area contributed by atoms with E-state index < -0.39 is 0 Å². The lowest BCUT2D eigenvalue weighted by Gasteiger charge is -2.32. The van der Waals surface area contributed by atoms with Crippen LogP contribution in [0.1, 0.15) is 19.0 Å². The smallest absolute Gasteiger partial charge is 0.247 e. The number of amides is 1. The zero-order chi connectivity index (χ0) is 11.4. The van der Waals surface area contributed by atoms with Gasteiger partial charge in [-0.05, 0) is 19.3 Å². The van der Waals surface area contributed by atoms with Gasteiger partial charge in [-0.25, -0.2) is 0 Å². The fraction of sp³-hybridized carbons (Fsp3) is 0.636. The van der Waals surface area contributed by atoms with E-state index in [1.165, 1.54) is 0 Å². The van der Waals surface area contributed by atoms with Crippen molar-refractivity contribution < 1.29 is 4.79 Å². The summed E-state index contributed by atoms with van der Waals surface area (Å²) < 4.78 is 1.87. The van der Waals surface area contributed by atoms with Crippen LogP contribution in [0.25, 0.3) is 0 Å². The van der Waals surface area contributed by atoms with Crippen molar-refractivity contribution in [1.29, 1.82) is 0 Å². The van der Waals surface area contributed by atoms with E-state index in [1.807, 2.05) is 18.7 Å². The SMILES string of the molecule is Cc1nn(C)c2c1NC(=O)C1C(C)CCN21. The minimum Gasteiger partial charge on any atom is -0.343 e. The number of anilines is 2. The van der Waals surface area contributed by atoms with Crippen LogP contribution in [0.15, 0.2) is 0 Å². The zero-order valence-corrected chi connectivity index (χ0v) is 9.82. The van der Waals surface area contributed by atoms with Crippen LogP contribution < -0.4 is 10.2 Å². The second kappa shape index (κ2) is 2.99. The molecule has 16 heavy (non-hydrogen) atoms. The third kappa shape index (κ3) is 1.06. The lowest BCUT2D eigenvalue weighted by Crippen LogP contribution is -2.47. The van der Waals surface area contributed by atoms with Crippen molar-refractivity contribution in [3.63, 3.8) is 0 Å². The molecular formula is C11H16N4O. The van der Waals surface area contributed by atoms with Gasteiger partial charge in [-0.15, -0.1) is 0 Å². The van der Waals surface area contributed by atoms with Crippen LogP contribution in [0.3, 0.4) is 0 Å². The first-order valence-electron chi connectivity index (χ1n) is 5.70. The maximum atomic E-state index is 12.0. The Morgan fingerprint density at radius 1 is 1.50 bits per heavy atom. The summed E-state index contributed by atoms with van der Waals surface area (Å²) in [6, 6.07) is -0.0118. The standard InChI is InChI=1S/C11H16N4O/c1-6-4-5-15-9(6)10(16)12-8-7(2)13-14(3)11(8)15/h6,9H,4-5H2,1-3H3,(H,12,16). The topological polar surface area (TPSA) is 50.2 Å². The number of nitrogens with zero attached hydrogens (tertiary/aromatic N) is 3. The monoisotopic (exact) mass is 220 g/mol. The quantitative estimate of drug-likeness (QED) is 0.706. The molecule has 0 aromatic carbocycles. The predicted octanol–water partition coefficient (Wildman–Crippen LogP) is 0.895. The molecule has 5 nitrogen and oxygen atoms in total. The van der Waals surface area contributed by atoms with Gasteiger partial charge in [0.25, 0.3) is 0 Å². The van der Waals surface area contributed by atoms with Crippen LogP contribution in [0, 0.1) is 12.8 Å². The highest BCUT2D eigenvalue weighted by Crippen LogP contribution is 2.39. The molecule has 2 unspecified atom stereocenters. The Bertz CT molecular complexity index is 465. The summed E-state index contributed by atoms with van der Waals surface area (Å²) in [5.74, 6) is 1.60. The second-order valence-electron chi connectivity index (χ2n) is 4.80. The number of fused-ring (bicyclic) bond motifs is 3. The summed E-state index contributed by atoms with van der Waals surface area (Å²) in [6.45, 7) is 5.02. The van der Waals surface area contributed by atoms with Crippen molar-refractivity contribution in [2.75, 3.05) is 16.8 Å². The number of hydrogen-bond acceptors (Lipinski definition) is 3. The first-order chi connectivity index (χ1) is 7.59. The van der Waals surface area contributed by atoms with Crippen molar-refractivity contribution in [1.82, 2.24) is 9.78 Å². The lowest BCUT2D eigenvalue weighted by atomic mass is 10.0. The number of aryl methyl sites for hydroxylation is 2. The molecule has 1 fully saturated rings. The highest BCUT2D eigenvalue weighted by molar-refractivity contribution is 6.04. The minimum atomic E-state index is -0.0118. The molecular weight excluding hydrogens is 204 g/mol. The Morgan fingerprint density at radius 2 is 2.25 bits per heavy atom. The van der Waals surface area contributed by atoms with Gasteiger partial charge in [0.05, 0.1) is 5.69 Å². The Labute approximate surface area is 94.4 Å². The zero-order valence-electron chi connectivity index (χ0n) is 9.82. The van der Waals surface area contributed by atoms with Crippen LogP contribution in [0.2, 0.25) is 0 Å². The molecule has 2 aliphatic rings. The van der Waals surface area contributed by atoms with Gasteiger partial charge < -0.3 is 10.2 Å². The highest BCUT2D eigenvalue weighted by atomic mass is 16.2. The average Bonchev–Trinajstić information content (AvgIpc) is 2.71. The first kappa shape index (κ1) is 9.69. The van der Waals surface area contributed by atoms with Crippen molar-refractivity contribution in [3.8, 4) is 0 Å². The summed E-state index contributed by atoms with van der Waals surface area (Å²) in [5.41, 5.74) is 1.78. The second-order valence-corrected chi connectivity index (χ2v) is 4.80. The Hall–Kier alpha value is -1.52. The number of hydrogen-bond donors (Lipinski definition) is 1. The normalized spacial score (nSPS) is 27.7. The minimum absolute atomic E-state index is 0.0118. The van der Waals surface area contributed by atoms with Crippen LogP contribution >= 0.6 is 0 Å². The molecule has 1 amide bonds. The van der Waals surface area contributed by atoms with E-state index in [9.17, 15) is 4.79 Å². The fourth-order valence-corrected chi connectivity index (χ4v) is 2.90. The van der Waals surface area contributed by atoms with Gasteiger partial charge in [0.15, 0.2) is 5.82 Å². The summed E-state index contributed by atoms with van der Waals surface area (Å²) in [4.78, 5) is 14.2. The van der Waals surface area contributed by atoms with Crippen molar-refractivity contribution in [2.24, 2.45) is 13.0 Å². The maximum absolute atomic E-state index is 12.0. The number of carbonyl (C=O) groups is 1. The van der Waals surface area contributed by atoms with Crippen LogP contribution in [-0.4, -0.2) is 28.3 Å². The largest absolute Gasteiger partial charge is 0.343 e. The Balaban J connectivity index is 2.15. The molecule has 0 radical (unpaired) electrons. The van der Waals surface area contributed by atoms with E-state index in [0.29, 0.717) is 5.92 Å². The molecule has 86 valence electrons. The Morgan fingerprint density at radius 3 is 3.00 bits per heavy atom. The van der Waals surface area contributed by atoms with Gasteiger partial charge in [0.1, 0.15) is 11.7 Å². The number of aromatic nitrogens is 2. The highest BCUT2D eigenvalue weighted by Gasteiger charge is 2.43. The summed E-state index contributed by atoms with van der Waals surface area (Å²) in [7, 11) is 1.93. The number of carbonyl (C=O) groups excluding carboxylic acids is 1. The Kier molecular flexibility index (Phi) is 1.81. The van der Waals surface area contributed by atoms with E-state index in [4.69, 9.17) is 0 Å². The average molecular weight is 220 g/mol. The molecule has 0 spiro atoms. The van der Waals surface area contributed by atoms with Gasteiger partial charge >= 0.3 is 0 Å². The van der Waals surface area contributed by atoms with E-state index in [-0.39, 0.29) is 11.9 Å². The number of nitrogens with one attached hydrogen (secondary N) is 1. The maximum Gasteiger partial charge on any atom is 0.247 e. The third-order valence-electron chi connectivity index (χ3n) is 3.68. The van der Waals surface area contributed by atoms with Gasteiger partial charge in [0, 0.05) is 13.6 Å². The summed E-state index contributed by atoms with van der Waals surface area (Å²) >= 11 is 0. The van der Waals surface area contributed by atoms with Gasteiger partial charge in [-0.2, -0.15) is 5.10 Å². The van der Waals surface area contributed by atoms with Crippen molar-refractivity contribution >= 4 is 17.4 Å². The summed E-state index contributed by atoms with van der Waals surface area (Å²) in [5, 5.41) is 7.36. The molecule has 3 rings (SSSR count). The molecule has 2 atom stereocenters. The molecule has 0 bridgehead atoms. The lowest BCUT2D eigenvalue weighted by molar-refractivity contribution is -0.118. The number of rotatable bonds is 0. The van der Waals surface area contributed by atoms with E-state index >= 15 is 0 Å². The van der Waals surface area contributed by atoms with Gasteiger partial charge in [-0.1, -0.05) is 6.92 Å². The molecule has 5 heteroatoms. The van der Waals surface area contributed by atoms with E-state index in [1.54, 1.807) is 0 Å². The third-order valence-corrected chi connectivity index (χ3v) is 3.68. The van der Waals surface area contributed by atoms with Crippen molar-refractivity contribution in [3.05, 3.63) is 5.69 Å².